The Morgan fingerprint density at radius 2 is 2.12 bits per heavy atom. The van der Waals surface area contributed by atoms with Crippen molar-refractivity contribution in [1.82, 2.24) is 15.2 Å². The first-order chi connectivity index (χ1) is 11.6. The average Bonchev–Trinajstić information content (AvgIpc) is 3.20. The first-order valence-corrected chi connectivity index (χ1v) is 9.10. The van der Waals surface area contributed by atoms with Crippen LogP contribution in [0.25, 0.3) is 10.6 Å². The molecule has 1 aromatic carbocycles. The largest absolute Gasteiger partial charge is 0.352 e. The summed E-state index contributed by atoms with van der Waals surface area (Å²) in [6.45, 7) is 4.12. The van der Waals surface area contributed by atoms with Gasteiger partial charge < -0.3 is 10.2 Å². The molecule has 2 aromatic rings. The zero-order valence-corrected chi connectivity index (χ0v) is 14.6. The van der Waals surface area contributed by atoms with Gasteiger partial charge in [-0.15, -0.1) is 11.3 Å². The van der Waals surface area contributed by atoms with E-state index < -0.39 is 0 Å². The van der Waals surface area contributed by atoms with Crippen LogP contribution >= 0.6 is 11.3 Å². The highest BCUT2D eigenvalue weighted by atomic mass is 32.1. The highest BCUT2D eigenvalue weighted by molar-refractivity contribution is 7.13. The summed E-state index contributed by atoms with van der Waals surface area (Å²) in [6, 6.07) is 7.50. The molecular formula is C18H21N3O2S. The van der Waals surface area contributed by atoms with Gasteiger partial charge in [-0.25, -0.2) is 4.98 Å². The van der Waals surface area contributed by atoms with E-state index >= 15 is 0 Å². The fourth-order valence-electron chi connectivity index (χ4n) is 2.77. The number of amides is 2. The monoisotopic (exact) mass is 343 g/mol. The number of carbonyl (C=O) groups excluding carboxylic acids is 2. The van der Waals surface area contributed by atoms with Gasteiger partial charge in [-0.05, 0) is 31.9 Å². The number of thiazole rings is 1. The number of nitrogens with zero attached hydrogens (tertiary/aromatic N) is 2. The molecule has 0 aliphatic carbocycles. The second-order valence-corrected chi connectivity index (χ2v) is 6.82. The standard InChI is InChI=1S/C18H21N3O2S/c1-13-12-24-18(20-13)15-7-5-14(6-8-15)17(23)19-9-3-11-21-10-2-4-16(21)22/h5-8,12H,2-4,9-11H2,1H3,(H,19,23). The Morgan fingerprint density at radius 1 is 1.33 bits per heavy atom. The molecule has 5 nitrogen and oxygen atoms in total. The van der Waals surface area contributed by atoms with E-state index in [9.17, 15) is 9.59 Å². The van der Waals surface area contributed by atoms with Gasteiger partial charge in [-0.3, -0.25) is 9.59 Å². The predicted molar refractivity (Wildman–Crippen MR) is 95.1 cm³/mol. The number of benzene rings is 1. The third-order valence-electron chi connectivity index (χ3n) is 4.07. The zero-order chi connectivity index (χ0) is 16.9. The van der Waals surface area contributed by atoms with Crippen molar-refractivity contribution in [1.29, 1.82) is 0 Å². The Balaban J connectivity index is 1.47. The Labute approximate surface area is 145 Å². The molecule has 0 spiro atoms. The van der Waals surface area contributed by atoms with Crippen molar-refractivity contribution >= 4 is 23.2 Å². The molecule has 0 bridgehead atoms. The maximum absolute atomic E-state index is 12.2. The van der Waals surface area contributed by atoms with Crippen LogP contribution in [0.4, 0.5) is 0 Å². The molecule has 1 saturated heterocycles. The molecule has 3 rings (SSSR count). The molecule has 6 heteroatoms. The summed E-state index contributed by atoms with van der Waals surface area (Å²) in [5, 5.41) is 5.89. The van der Waals surface area contributed by atoms with Gasteiger partial charge in [0, 0.05) is 48.3 Å². The molecule has 1 N–H and O–H groups in total. The Bertz CT molecular complexity index is 724. The van der Waals surface area contributed by atoms with Crippen LogP contribution in [0.5, 0.6) is 0 Å². The number of aryl methyl sites for hydroxylation is 1. The van der Waals surface area contributed by atoms with Crippen molar-refractivity contribution in [3.05, 3.63) is 40.9 Å². The smallest absolute Gasteiger partial charge is 0.251 e. The fraction of sp³-hybridized carbons (Fsp3) is 0.389. The quantitative estimate of drug-likeness (QED) is 0.821. The molecule has 1 fully saturated rings. The summed E-state index contributed by atoms with van der Waals surface area (Å²) in [4.78, 5) is 30.0. The molecule has 1 aliphatic rings. The van der Waals surface area contributed by atoms with E-state index in [2.05, 4.69) is 10.3 Å². The zero-order valence-electron chi connectivity index (χ0n) is 13.7. The van der Waals surface area contributed by atoms with E-state index in [0.717, 1.165) is 42.2 Å². The lowest BCUT2D eigenvalue weighted by Crippen LogP contribution is -2.30. The molecule has 0 atom stereocenters. The molecule has 2 amide bonds. The molecule has 126 valence electrons. The lowest BCUT2D eigenvalue weighted by Gasteiger charge is -2.15. The highest BCUT2D eigenvalue weighted by Crippen LogP contribution is 2.23. The van der Waals surface area contributed by atoms with Crippen molar-refractivity contribution in [2.24, 2.45) is 0 Å². The van der Waals surface area contributed by atoms with Crippen LogP contribution in [0, 0.1) is 6.92 Å². The first-order valence-electron chi connectivity index (χ1n) is 8.22. The second kappa shape index (κ2) is 7.57. The highest BCUT2D eigenvalue weighted by Gasteiger charge is 2.19. The van der Waals surface area contributed by atoms with Crippen LogP contribution in [0.15, 0.2) is 29.6 Å². The van der Waals surface area contributed by atoms with Gasteiger partial charge in [-0.2, -0.15) is 0 Å². The van der Waals surface area contributed by atoms with Gasteiger partial charge in [0.2, 0.25) is 5.91 Å². The Kier molecular flexibility index (Phi) is 5.25. The summed E-state index contributed by atoms with van der Waals surface area (Å²) in [6.07, 6.45) is 2.40. The van der Waals surface area contributed by atoms with Crippen molar-refractivity contribution in [3.63, 3.8) is 0 Å². The predicted octanol–water partition coefficient (Wildman–Crippen LogP) is 2.86. The number of aromatic nitrogens is 1. The maximum Gasteiger partial charge on any atom is 0.251 e. The van der Waals surface area contributed by atoms with Gasteiger partial charge in [0.1, 0.15) is 5.01 Å². The summed E-state index contributed by atoms with van der Waals surface area (Å²) in [5.41, 5.74) is 2.68. The van der Waals surface area contributed by atoms with Crippen LogP contribution in [0.2, 0.25) is 0 Å². The molecular weight excluding hydrogens is 322 g/mol. The van der Waals surface area contributed by atoms with Gasteiger partial charge in [0.05, 0.1) is 0 Å². The summed E-state index contributed by atoms with van der Waals surface area (Å²) in [5.74, 6) is 0.152. The molecule has 2 heterocycles. The summed E-state index contributed by atoms with van der Waals surface area (Å²) in [7, 11) is 0. The number of likely N-dealkylation sites (tertiary alicyclic amines) is 1. The Hall–Kier alpha value is -2.21. The minimum Gasteiger partial charge on any atom is -0.352 e. The summed E-state index contributed by atoms with van der Waals surface area (Å²) < 4.78 is 0. The fourth-order valence-corrected chi connectivity index (χ4v) is 3.57. The van der Waals surface area contributed by atoms with Crippen LogP contribution in [0.3, 0.4) is 0 Å². The van der Waals surface area contributed by atoms with E-state index in [0.29, 0.717) is 18.5 Å². The maximum atomic E-state index is 12.2. The van der Waals surface area contributed by atoms with Crippen LogP contribution in [-0.4, -0.2) is 41.3 Å². The lowest BCUT2D eigenvalue weighted by atomic mass is 10.1. The molecule has 0 saturated carbocycles. The SMILES string of the molecule is Cc1csc(-c2ccc(C(=O)NCCCN3CCCC3=O)cc2)n1. The van der Waals surface area contributed by atoms with E-state index in [1.165, 1.54) is 0 Å². The first kappa shape index (κ1) is 16.6. The normalized spacial score (nSPS) is 14.2. The topological polar surface area (TPSA) is 62.3 Å². The van der Waals surface area contributed by atoms with Gasteiger partial charge in [0.25, 0.3) is 5.91 Å². The minimum atomic E-state index is -0.0791. The second-order valence-electron chi connectivity index (χ2n) is 5.97. The number of hydrogen-bond donors (Lipinski definition) is 1. The number of carbonyl (C=O) groups is 2. The van der Waals surface area contributed by atoms with Crippen LogP contribution in [0.1, 0.15) is 35.3 Å². The van der Waals surface area contributed by atoms with Crippen molar-refractivity contribution in [3.8, 4) is 10.6 Å². The third kappa shape index (κ3) is 4.00. The number of hydrogen-bond acceptors (Lipinski definition) is 4. The molecule has 0 unspecified atom stereocenters. The third-order valence-corrected chi connectivity index (χ3v) is 5.08. The molecule has 1 aromatic heterocycles. The molecule has 1 aliphatic heterocycles. The van der Waals surface area contributed by atoms with Crippen molar-refractivity contribution in [2.75, 3.05) is 19.6 Å². The van der Waals surface area contributed by atoms with E-state index in [1.807, 2.05) is 41.5 Å². The number of rotatable bonds is 6. The van der Waals surface area contributed by atoms with Crippen LogP contribution < -0.4 is 5.32 Å². The Morgan fingerprint density at radius 3 is 2.75 bits per heavy atom. The van der Waals surface area contributed by atoms with E-state index in [1.54, 1.807) is 11.3 Å². The van der Waals surface area contributed by atoms with E-state index in [4.69, 9.17) is 0 Å². The van der Waals surface area contributed by atoms with Crippen molar-refractivity contribution in [2.45, 2.75) is 26.2 Å². The molecule has 24 heavy (non-hydrogen) atoms. The van der Waals surface area contributed by atoms with Gasteiger partial charge in [0.15, 0.2) is 0 Å². The van der Waals surface area contributed by atoms with E-state index in [-0.39, 0.29) is 11.8 Å². The molecule has 0 radical (unpaired) electrons. The van der Waals surface area contributed by atoms with Crippen molar-refractivity contribution < 1.29 is 9.59 Å². The van der Waals surface area contributed by atoms with Gasteiger partial charge >= 0.3 is 0 Å². The minimum absolute atomic E-state index is 0.0791. The number of nitrogens with one attached hydrogen (secondary N) is 1. The van der Waals surface area contributed by atoms with Gasteiger partial charge in [-0.1, -0.05) is 12.1 Å². The summed E-state index contributed by atoms with van der Waals surface area (Å²) >= 11 is 1.60. The average molecular weight is 343 g/mol. The lowest BCUT2D eigenvalue weighted by molar-refractivity contribution is -0.127. The van der Waals surface area contributed by atoms with Crippen LogP contribution in [-0.2, 0) is 4.79 Å².